The number of hydrogen-bond donors (Lipinski definition) is 0. The number of ether oxygens (including phenoxy) is 2. The van der Waals surface area contributed by atoms with Gasteiger partial charge in [-0.3, -0.25) is 4.79 Å². The molecule has 0 saturated heterocycles. The number of esters is 1. The molecule has 1 unspecified atom stereocenters. The summed E-state index contributed by atoms with van der Waals surface area (Å²) in [6.07, 6.45) is -5.36. The molecule has 0 spiro atoms. The van der Waals surface area contributed by atoms with E-state index in [0.717, 1.165) is 6.07 Å². The first-order valence-electron chi connectivity index (χ1n) is 6.33. The van der Waals surface area contributed by atoms with Crippen LogP contribution in [-0.4, -0.2) is 25.0 Å². The molecule has 0 amide bonds. The highest BCUT2D eigenvalue weighted by Gasteiger charge is 2.36. The molecule has 1 rings (SSSR count). The molecule has 0 aliphatic carbocycles. The Bertz CT molecular complexity index is 511. The van der Waals surface area contributed by atoms with Crippen molar-refractivity contribution in [3.8, 4) is 5.75 Å². The van der Waals surface area contributed by atoms with Gasteiger partial charge in [0.15, 0.2) is 6.10 Å². The third kappa shape index (κ3) is 4.47. The number of carbonyl (C=O) groups is 2. The largest absolute Gasteiger partial charge is 0.478 e. The molecule has 1 atom stereocenters. The maximum absolute atomic E-state index is 13.0. The summed E-state index contributed by atoms with van der Waals surface area (Å²) in [5, 5.41) is 0. The second-order valence-electron chi connectivity index (χ2n) is 4.14. The fourth-order valence-corrected chi connectivity index (χ4v) is 1.63. The van der Waals surface area contributed by atoms with E-state index in [4.69, 9.17) is 9.47 Å². The second-order valence-corrected chi connectivity index (χ2v) is 4.14. The van der Waals surface area contributed by atoms with Crippen LogP contribution in [0, 0.1) is 0 Å². The third-order valence-corrected chi connectivity index (χ3v) is 2.63. The standard InChI is InChI=1S/C14H15F3O4/c1-3-11(13(19)20-4-2)21-12-6-5-9(8-18)7-10(12)14(15,16)17/h5-8,11H,3-4H2,1-2H3. The van der Waals surface area contributed by atoms with Gasteiger partial charge in [0.25, 0.3) is 0 Å². The average molecular weight is 304 g/mol. The van der Waals surface area contributed by atoms with Crippen molar-refractivity contribution in [2.45, 2.75) is 32.5 Å². The molecule has 0 N–H and O–H groups in total. The summed E-state index contributed by atoms with van der Waals surface area (Å²) < 4.78 is 48.7. The molecule has 0 aromatic heterocycles. The number of alkyl halides is 3. The average Bonchev–Trinajstić information content (AvgIpc) is 2.43. The summed E-state index contributed by atoms with van der Waals surface area (Å²) in [6.45, 7) is 3.29. The van der Waals surface area contributed by atoms with Crippen molar-refractivity contribution in [3.05, 3.63) is 29.3 Å². The Hall–Kier alpha value is -2.05. The van der Waals surface area contributed by atoms with E-state index in [2.05, 4.69) is 0 Å². The van der Waals surface area contributed by atoms with Gasteiger partial charge in [-0.15, -0.1) is 0 Å². The van der Waals surface area contributed by atoms with E-state index >= 15 is 0 Å². The van der Waals surface area contributed by atoms with Crippen molar-refractivity contribution in [3.63, 3.8) is 0 Å². The molecule has 0 aliphatic heterocycles. The molecule has 0 fully saturated rings. The maximum Gasteiger partial charge on any atom is 0.419 e. The minimum absolute atomic E-state index is 0.106. The van der Waals surface area contributed by atoms with Crippen molar-refractivity contribution in [2.24, 2.45) is 0 Å². The minimum atomic E-state index is -4.69. The SMILES string of the molecule is CCOC(=O)C(CC)Oc1ccc(C=O)cc1C(F)(F)F. The van der Waals surface area contributed by atoms with E-state index in [1.54, 1.807) is 13.8 Å². The van der Waals surface area contributed by atoms with Crippen LogP contribution in [0.3, 0.4) is 0 Å². The fraction of sp³-hybridized carbons (Fsp3) is 0.429. The van der Waals surface area contributed by atoms with Crippen LogP contribution in [0.4, 0.5) is 13.2 Å². The van der Waals surface area contributed by atoms with E-state index in [-0.39, 0.29) is 18.6 Å². The van der Waals surface area contributed by atoms with E-state index in [0.29, 0.717) is 12.4 Å². The molecule has 116 valence electrons. The Morgan fingerprint density at radius 3 is 2.48 bits per heavy atom. The topological polar surface area (TPSA) is 52.6 Å². The Kier molecular flexibility index (Phi) is 5.75. The first-order valence-corrected chi connectivity index (χ1v) is 6.33. The smallest absolute Gasteiger partial charge is 0.419 e. The van der Waals surface area contributed by atoms with Gasteiger partial charge in [-0.1, -0.05) is 6.92 Å². The Morgan fingerprint density at radius 2 is 2.00 bits per heavy atom. The van der Waals surface area contributed by atoms with Crippen LogP contribution in [-0.2, 0) is 15.7 Å². The molecule has 4 nitrogen and oxygen atoms in total. The molecule has 1 aromatic carbocycles. The fourth-order valence-electron chi connectivity index (χ4n) is 1.63. The predicted molar refractivity (Wildman–Crippen MR) is 68.2 cm³/mol. The zero-order chi connectivity index (χ0) is 16.0. The molecule has 7 heteroatoms. The van der Waals surface area contributed by atoms with Crippen molar-refractivity contribution in [1.29, 1.82) is 0 Å². The highest BCUT2D eigenvalue weighted by Crippen LogP contribution is 2.37. The highest BCUT2D eigenvalue weighted by molar-refractivity contribution is 5.77. The van der Waals surface area contributed by atoms with Gasteiger partial charge in [-0.25, -0.2) is 4.79 Å². The Balaban J connectivity index is 3.11. The van der Waals surface area contributed by atoms with Gasteiger partial charge in [0.1, 0.15) is 12.0 Å². The van der Waals surface area contributed by atoms with Crippen LogP contribution in [0.15, 0.2) is 18.2 Å². The number of benzene rings is 1. The number of halogens is 3. The number of carbonyl (C=O) groups excluding carboxylic acids is 2. The van der Waals surface area contributed by atoms with Gasteiger partial charge in [-0.05, 0) is 31.5 Å². The van der Waals surface area contributed by atoms with Gasteiger partial charge in [0.2, 0.25) is 0 Å². The lowest BCUT2D eigenvalue weighted by Crippen LogP contribution is -2.29. The zero-order valence-electron chi connectivity index (χ0n) is 11.6. The Morgan fingerprint density at radius 1 is 1.33 bits per heavy atom. The number of rotatable bonds is 6. The predicted octanol–water partition coefficient (Wildman–Crippen LogP) is 3.24. The van der Waals surface area contributed by atoms with Crippen LogP contribution < -0.4 is 4.74 Å². The molecular formula is C14H15F3O4. The first kappa shape index (κ1) is 17.0. The second kappa shape index (κ2) is 7.10. The van der Waals surface area contributed by atoms with Crippen LogP contribution in [0.1, 0.15) is 36.2 Å². The lowest BCUT2D eigenvalue weighted by atomic mass is 10.1. The Labute approximate surface area is 119 Å². The van der Waals surface area contributed by atoms with Crippen molar-refractivity contribution in [2.75, 3.05) is 6.61 Å². The van der Waals surface area contributed by atoms with Gasteiger partial charge in [0.05, 0.1) is 12.2 Å². The van der Waals surface area contributed by atoms with Crippen LogP contribution in [0.25, 0.3) is 0 Å². The summed E-state index contributed by atoms with van der Waals surface area (Å²) in [4.78, 5) is 22.2. The summed E-state index contributed by atoms with van der Waals surface area (Å²) in [5.74, 6) is -1.24. The minimum Gasteiger partial charge on any atom is -0.478 e. The van der Waals surface area contributed by atoms with E-state index < -0.39 is 29.6 Å². The van der Waals surface area contributed by atoms with E-state index in [1.165, 1.54) is 6.07 Å². The molecule has 1 aromatic rings. The van der Waals surface area contributed by atoms with Gasteiger partial charge in [-0.2, -0.15) is 13.2 Å². The summed E-state index contributed by atoms with van der Waals surface area (Å²) in [5.41, 5.74) is -1.23. The molecular weight excluding hydrogens is 289 g/mol. The molecule has 0 saturated carbocycles. The first-order chi connectivity index (χ1) is 9.83. The highest BCUT2D eigenvalue weighted by atomic mass is 19.4. The van der Waals surface area contributed by atoms with Crippen molar-refractivity contribution >= 4 is 12.3 Å². The normalized spacial score (nSPS) is 12.6. The lowest BCUT2D eigenvalue weighted by molar-refractivity contribution is -0.153. The molecule has 0 radical (unpaired) electrons. The van der Waals surface area contributed by atoms with Gasteiger partial charge >= 0.3 is 12.1 Å². The number of aldehydes is 1. The third-order valence-electron chi connectivity index (χ3n) is 2.63. The van der Waals surface area contributed by atoms with Gasteiger partial charge < -0.3 is 9.47 Å². The van der Waals surface area contributed by atoms with Crippen LogP contribution in [0.2, 0.25) is 0 Å². The lowest BCUT2D eigenvalue weighted by Gasteiger charge is -2.19. The van der Waals surface area contributed by atoms with Gasteiger partial charge in [0, 0.05) is 5.56 Å². The molecule has 21 heavy (non-hydrogen) atoms. The summed E-state index contributed by atoms with van der Waals surface area (Å²) >= 11 is 0. The quantitative estimate of drug-likeness (QED) is 0.598. The molecule has 0 aliphatic rings. The van der Waals surface area contributed by atoms with E-state index in [1.807, 2.05) is 0 Å². The summed E-state index contributed by atoms with van der Waals surface area (Å²) in [6, 6.07) is 2.89. The van der Waals surface area contributed by atoms with Crippen molar-refractivity contribution < 1.29 is 32.2 Å². The van der Waals surface area contributed by atoms with E-state index in [9.17, 15) is 22.8 Å². The zero-order valence-corrected chi connectivity index (χ0v) is 11.6. The molecule has 0 bridgehead atoms. The van der Waals surface area contributed by atoms with Crippen LogP contribution in [0.5, 0.6) is 5.75 Å². The summed E-state index contributed by atoms with van der Waals surface area (Å²) in [7, 11) is 0. The number of hydrogen-bond acceptors (Lipinski definition) is 4. The monoisotopic (exact) mass is 304 g/mol. The molecule has 0 heterocycles. The van der Waals surface area contributed by atoms with Crippen molar-refractivity contribution in [1.82, 2.24) is 0 Å². The van der Waals surface area contributed by atoms with Crippen LogP contribution >= 0.6 is 0 Å². The maximum atomic E-state index is 13.0.